The Labute approximate surface area is 115 Å². The summed E-state index contributed by atoms with van der Waals surface area (Å²) in [5.74, 6) is 1.84. The number of aromatic hydroxyl groups is 2. The zero-order valence-corrected chi connectivity index (χ0v) is 12.1. The van der Waals surface area contributed by atoms with Gasteiger partial charge in [0, 0.05) is 23.7 Å². The summed E-state index contributed by atoms with van der Waals surface area (Å²) >= 11 is 0. The third-order valence-corrected chi connectivity index (χ3v) is 4.56. The maximum atomic E-state index is 9.89. The first kappa shape index (κ1) is 14.2. The number of hydrogen-bond acceptors (Lipinski definition) is 3. The van der Waals surface area contributed by atoms with Crippen molar-refractivity contribution in [1.82, 2.24) is 5.32 Å². The molecule has 2 rings (SSSR count). The molecule has 1 aliphatic rings. The standard InChI is InChI=1S/C16H25NO2/c1-10-4-5-13(8-11(10)2)17-12(3)15-7-6-14(18)9-16(15)19/h6-7,9-13,17-19H,4-5,8H2,1-3H3. The van der Waals surface area contributed by atoms with Crippen LogP contribution in [0.4, 0.5) is 0 Å². The highest BCUT2D eigenvalue weighted by Gasteiger charge is 2.25. The zero-order chi connectivity index (χ0) is 14.0. The van der Waals surface area contributed by atoms with E-state index in [4.69, 9.17) is 0 Å². The molecule has 0 aromatic heterocycles. The van der Waals surface area contributed by atoms with Gasteiger partial charge in [-0.25, -0.2) is 0 Å². The van der Waals surface area contributed by atoms with Gasteiger partial charge in [-0.05, 0) is 44.1 Å². The summed E-state index contributed by atoms with van der Waals surface area (Å²) in [6.07, 6.45) is 3.67. The second kappa shape index (κ2) is 5.83. The largest absolute Gasteiger partial charge is 0.508 e. The fourth-order valence-corrected chi connectivity index (χ4v) is 3.04. The highest BCUT2D eigenvalue weighted by molar-refractivity contribution is 5.40. The molecule has 3 heteroatoms. The van der Waals surface area contributed by atoms with Gasteiger partial charge in [0.25, 0.3) is 0 Å². The summed E-state index contributed by atoms with van der Waals surface area (Å²) in [6.45, 7) is 6.71. The van der Waals surface area contributed by atoms with Gasteiger partial charge in [0.05, 0.1) is 0 Å². The molecule has 0 saturated heterocycles. The Hall–Kier alpha value is -1.22. The Balaban J connectivity index is 1.99. The normalized spacial score (nSPS) is 29.1. The Morgan fingerprint density at radius 3 is 2.53 bits per heavy atom. The van der Waals surface area contributed by atoms with Crippen LogP contribution < -0.4 is 5.32 Å². The van der Waals surface area contributed by atoms with E-state index in [2.05, 4.69) is 26.1 Å². The molecule has 0 spiro atoms. The Morgan fingerprint density at radius 2 is 1.89 bits per heavy atom. The lowest BCUT2D eigenvalue weighted by atomic mass is 9.79. The Kier molecular flexibility index (Phi) is 4.35. The second-order valence-corrected chi connectivity index (χ2v) is 6.10. The van der Waals surface area contributed by atoms with E-state index in [9.17, 15) is 10.2 Å². The minimum absolute atomic E-state index is 0.103. The van der Waals surface area contributed by atoms with Crippen LogP contribution in [0.2, 0.25) is 0 Å². The van der Waals surface area contributed by atoms with Gasteiger partial charge in [0.1, 0.15) is 11.5 Å². The molecule has 1 aromatic rings. The molecule has 0 aliphatic heterocycles. The number of benzene rings is 1. The van der Waals surface area contributed by atoms with Gasteiger partial charge in [0.15, 0.2) is 0 Å². The summed E-state index contributed by atoms with van der Waals surface area (Å²) in [4.78, 5) is 0. The van der Waals surface area contributed by atoms with Crippen molar-refractivity contribution in [3.05, 3.63) is 23.8 Å². The average Bonchev–Trinajstić information content (AvgIpc) is 2.33. The van der Waals surface area contributed by atoms with Crippen LogP contribution >= 0.6 is 0 Å². The topological polar surface area (TPSA) is 52.5 Å². The van der Waals surface area contributed by atoms with Gasteiger partial charge in [-0.1, -0.05) is 19.9 Å². The maximum absolute atomic E-state index is 9.89. The summed E-state index contributed by atoms with van der Waals surface area (Å²) in [7, 11) is 0. The summed E-state index contributed by atoms with van der Waals surface area (Å²) in [5.41, 5.74) is 0.851. The molecule has 1 saturated carbocycles. The van der Waals surface area contributed by atoms with E-state index in [-0.39, 0.29) is 17.5 Å². The van der Waals surface area contributed by atoms with Crippen LogP contribution in [0.1, 0.15) is 51.6 Å². The molecule has 3 nitrogen and oxygen atoms in total. The van der Waals surface area contributed by atoms with Crippen molar-refractivity contribution < 1.29 is 10.2 Å². The van der Waals surface area contributed by atoms with Crippen LogP contribution in [0.15, 0.2) is 18.2 Å². The number of phenolic OH excluding ortho intramolecular Hbond substituents is 2. The molecule has 3 N–H and O–H groups in total. The van der Waals surface area contributed by atoms with Crippen molar-refractivity contribution >= 4 is 0 Å². The predicted molar refractivity (Wildman–Crippen MR) is 77.3 cm³/mol. The second-order valence-electron chi connectivity index (χ2n) is 6.10. The molecule has 4 unspecified atom stereocenters. The third-order valence-electron chi connectivity index (χ3n) is 4.56. The van der Waals surface area contributed by atoms with Gasteiger partial charge < -0.3 is 15.5 Å². The van der Waals surface area contributed by atoms with Crippen LogP contribution in [0.3, 0.4) is 0 Å². The maximum Gasteiger partial charge on any atom is 0.124 e. The van der Waals surface area contributed by atoms with Crippen LogP contribution in [-0.4, -0.2) is 16.3 Å². The first-order valence-corrected chi connectivity index (χ1v) is 7.25. The van der Waals surface area contributed by atoms with Crippen LogP contribution in [0.5, 0.6) is 11.5 Å². The van der Waals surface area contributed by atoms with Gasteiger partial charge in [-0.2, -0.15) is 0 Å². The first-order chi connectivity index (χ1) is 8.97. The lowest BCUT2D eigenvalue weighted by Crippen LogP contribution is -2.37. The van der Waals surface area contributed by atoms with E-state index in [1.165, 1.54) is 25.3 Å². The minimum Gasteiger partial charge on any atom is -0.508 e. The number of rotatable bonds is 3. The van der Waals surface area contributed by atoms with E-state index in [1.54, 1.807) is 12.1 Å². The van der Waals surface area contributed by atoms with E-state index in [0.29, 0.717) is 6.04 Å². The molecule has 19 heavy (non-hydrogen) atoms. The van der Waals surface area contributed by atoms with E-state index >= 15 is 0 Å². The predicted octanol–water partition coefficient (Wildman–Crippen LogP) is 3.57. The minimum atomic E-state index is 0.103. The molecule has 0 heterocycles. The monoisotopic (exact) mass is 263 g/mol. The molecule has 1 aliphatic carbocycles. The van der Waals surface area contributed by atoms with Gasteiger partial charge >= 0.3 is 0 Å². The molecular weight excluding hydrogens is 238 g/mol. The van der Waals surface area contributed by atoms with Crippen molar-refractivity contribution in [2.45, 2.75) is 52.1 Å². The molecule has 4 atom stereocenters. The molecule has 106 valence electrons. The molecule has 1 aromatic carbocycles. The van der Waals surface area contributed by atoms with Crippen molar-refractivity contribution in [3.63, 3.8) is 0 Å². The lowest BCUT2D eigenvalue weighted by molar-refractivity contribution is 0.217. The van der Waals surface area contributed by atoms with Crippen molar-refractivity contribution in [2.75, 3.05) is 0 Å². The summed E-state index contributed by atoms with van der Waals surface area (Å²) in [5, 5.41) is 22.8. The van der Waals surface area contributed by atoms with E-state index < -0.39 is 0 Å². The first-order valence-electron chi connectivity index (χ1n) is 7.25. The quantitative estimate of drug-likeness (QED) is 0.781. The van der Waals surface area contributed by atoms with Gasteiger partial charge in [-0.15, -0.1) is 0 Å². The van der Waals surface area contributed by atoms with Crippen molar-refractivity contribution in [1.29, 1.82) is 0 Å². The number of hydrogen-bond donors (Lipinski definition) is 3. The molecule has 0 radical (unpaired) electrons. The number of phenols is 2. The van der Waals surface area contributed by atoms with Gasteiger partial charge in [0.2, 0.25) is 0 Å². The molecule has 0 bridgehead atoms. The van der Waals surface area contributed by atoms with E-state index in [0.717, 1.165) is 17.4 Å². The fraction of sp³-hybridized carbons (Fsp3) is 0.625. The highest BCUT2D eigenvalue weighted by atomic mass is 16.3. The Morgan fingerprint density at radius 1 is 1.16 bits per heavy atom. The Bertz CT molecular complexity index is 433. The van der Waals surface area contributed by atoms with Crippen LogP contribution in [0.25, 0.3) is 0 Å². The third kappa shape index (κ3) is 3.41. The average molecular weight is 263 g/mol. The number of nitrogens with one attached hydrogen (secondary N) is 1. The molecule has 0 amide bonds. The highest BCUT2D eigenvalue weighted by Crippen LogP contribution is 2.32. The van der Waals surface area contributed by atoms with Gasteiger partial charge in [-0.3, -0.25) is 0 Å². The van der Waals surface area contributed by atoms with Crippen LogP contribution in [-0.2, 0) is 0 Å². The zero-order valence-electron chi connectivity index (χ0n) is 12.1. The SMILES string of the molecule is CC(NC1CCC(C)C(C)C1)c1ccc(O)cc1O. The van der Waals surface area contributed by atoms with Crippen LogP contribution in [0, 0.1) is 11.8 Å². The molecular formula is C16H25NO2. The summed E-state index contributed by atoms with van der Waals surface area (Å²) in [6, 6.07) is 5.44. The smallest absolute Gasteiger partial charge is 0.124 e. The molecule has 1 fully saturated rings. The lowest BCUT2D eigenvalue weighted by Gasteiger charge is -2.34. The fourth-order valence-electron chi connectivity index (χ4n) is 3.04. The van der Waals surface area contributed by atoms with Crippen molar-refractivity contribution in [2.24, 2.45) is 11.8 Å². The van der Waals surface area contributed by atoms with Crippen molar-refractivity contribution in [3.8, 4) is 11.5 Å². The van der Waals surface area contributed by atoms with E-state index in [1.807, 2.05) is 0 Å². The summed E-state index contributed by atoms with van der Waals surface area (Å²) < 4.78 is 0.